The molecule has 0 radical (unpaired) electrons. The number of halogens is 1. The van der Waals surface area contributed by atoms with Crippen LogP contribution in [0.2, 0.25) is 0 Å². The van der Waals surface area contributed by atoms with Crippen molar-refractivity contribution in [1.29, 1.82) is 0 Å². The third kappa shape index (κ3) is 23.9. The van der Waals surface area contributed by atoms with E-state index in [9.17, 15) is 24.6 Å². The van der Waals surface area contributed by atoms with Crippen LogP contribution in [0.1, 0.15) is 73.5 Å². The van der Waals surface area contributed by atoms with Crippen LogP contribution in [0, 0.1) is 46.8 Å². The van der Waals surface area contributed by atoms with Crippen molar-refractivity contribution in [3.05, 3.63) is 97.3 Å². The summed E-state index contributed by atoms with van der Waals surface area (Å²) in [4.78, 5) is 43.7. The molecule has 3 saturated heterocycles. The van der Waals surface area contributed by atoms with Crippen LogP contribution < -0.4 is 129 Å². The van der Waals surface area contributed by atoms with Gasteiger partial charge < -0.3 is 32.4 Å². The largest absolute Gasteiger partial charge is 1.00 e. The molecule has 0 amide bonds. The van der Waals surface area contributed by atoms with E-state index in [2.05, 4.69) is 95.3 Å². The molecule has 3 aromatic rings. The molecule has 6 rings (SSSR count). The summed E-state index contributed by atoms with van der Waals surface area (Å²) < 4.78 is 12.4. The molecular weight excluding hydrogens is 876 g/mol. The molecule has 0 bridgehead atoms. The molecule has 3 fully saturated rings. The van der Waals surface area contributed by atoms with E-state index in [-0.39, 0.29) is 127 Å². The topological polar surface area (TPSA) is 190 Å². The Bertz CT molecular complexity index is 1780. The monoisotopic (exact) mass is 949 g/mol. The van der Waals surface area contributed by atoms with Crippen molar-refractivity contribution in [2.75, 3.05) is 94.1 Å². The van der Waals surface area contributed by atoms with Crippen molar-refractivity contribution in [1.82, 2.24) is 20.0 Å². The molecule has 3 heterocycles. The number of nitrogen functional groups attached to an aromatic ring is 1. The fourth-order valence-electron chi connectivity index (χ4n) is 6.91. The molecule has 0 unspecified atom stereocenters. The number of carbonyl (C=O) groups excluding carboxylic acids is 1. The zero-order valence-corrected chi connectivity index (χ0v) is 47.2. The minimum absolute atomic E-state index is 0. The van der Waals surface area contributed by atoms with Crippen molar-refractivity contribution in [3.63, 3.8) is 0 Å². The predicted octanol–water partition coefficient (Wildman–Crippen LogP) is 0.465. The van der Waals surface area contributed by atoms with Gasteiger partial charge in [-0.3, -0.25) is 39.7 Å². The van der Waals surface area contributed by atoms with Crippen molar-refractivity contribution in [2.24, 2.45) is 0 Å². The van der Waals surface area contributed by atoms with Gasteiger partial charge in [0, 0.05) is 137 Å². The van der Waals surface area contributed by atoms with E-state index >= 15 is 0 Å². The normalized spacial score (nSPS) is 15.1. The van der Waals surface area contributed by atoms with Gasteiger partial charge in [0.15, 0.2) is 0 Å². The number of hydrogen-bond donors (Lipinski definition) is 2. The van der Waals surface area contributed by atoms with Crippen LogP contribution in [-0.4, -0.2) is 128 Å². The van der Waals surface area contributed by atoms with Gasteiger partial charge >= 0.3 is 103 Å². The molecule has 3 aromatic carbocycles. The van der Waals surface area contributed by atoms with Gasteiger partial charge in [-0.25, -0.2) is 4.39 Å². The zero-order valence-electron chi connectivity index (χ0n) is 41.9. The van der Waals surface area contributed by atoms with E-state index in [1.54, 1.807) is 13.0 Å². The van der Waals surface area contributed by atoms with Gasteiger partial charge in [-0.1, -0.05) is 13.8 Å². The average Bonchev–Trinajstić information content (AvgIpc) is 3.26. The maximum absolute atomic E-state index is 12.4. The Labute approximate surface area is 468 Å². The van der Waals surface area contributed by atoms with Gasteiger partial charge in [-0.05, 0) is 110 Å². The maximum Gasteiger partial charge on any atom is 1.00 e. The van der Waals surface area contributed by atoms with E-state index in [1.807, 2.05) is 32.0 Å². The number of benzene rings is 3. The summed E-state index contributed by atoms with van der Waals surface area (Å²) >= 11 is 0. The second-order valence-corrected chi connectivity index (χ2v) is 15.8. The first-order valence-corrected chi connectivity index (χ1v) is 21.6. The first kappa shape index (κ1) is 64.4. The molecule has 0 saturated carbocycles. The summed E-state index contributed by atoms with van der Waals surface area (Å²) in [6.07, 6.45) is 0. The molecule has 16 nitrogen and oxygen atoms in total. The summed E-state index contributed by atoms with van der Waals surface area (Å²) in [5.74, 6) is -0.451. The standard InChI is InChI=1S/C14H21N3O2.C14H23N3.C7H6FNO2.C7H16N2.C2H6.CH2O3.2K.H/c1-11(2)15-6-8-16(9-7-15)13-4-5-14(17(18)19)12(3)10-13;1-11(2)16-6-8-17(9-7-16)13-4-5-14(15)12(3)10-13;1-5-4-6(8)2-3-7(5)9(10)11;1-7(2)9-5-3-8-4-6-9;1-2;2-1-4-3;;;/h4-5,10-11H,6-9H2,1-3H3;4-5,10-11H,6-9,15H2,1-3H3;2-4H,1H3;7-8H,3-6H2,1-2H3;1-2H3;1,3H;;;/q;;;;;;2*+1;-1/p-1. The molecule has 3 N–H and O–H groups in total. The smallest absolute Gasteiger partial charge is 1.00 e. The van der Waals surface area contributed by atoms with Gasteiger partial charge in [0.25, 0.3) is 17.8 Å². The number of nitrogens with one attached hydrogen (secondary N) is 1. The van der Waals surface area contributed by atoms with Crippen LogP contribution in [0.25, 0.3) is 0 Å². The quantitative estimate of drug-likeness (QED) is 0.0792. The Morgan fingerprint density at radius 1 is 0.641 bits per heavy atom. The molecule has 0 aromatic heterocycles. The van der Waals surface area contributed by atoms with Crippen LogP contribution in [-0.2, 0) is 9.68 Å². The van der Waals surface area contributed by atoms with E-state index in [1.165, 1.54) is 31.3 Å². The number of piperazine rings is 3. The number of hydrogen-bond acceptors (Lipinski definition) is 14. The van der Waals surface area contributed by atoms with Crippen LogP contribution in [0.5, 0.6) is 0 Å². The van der Waals surface area contributed by atoms with Crippen molar-refractivity contribution in [2.45, 2.75) is 94.3 Å². The number of anilines is 3. The number of nitro benzene ring substituents is 2. The number of carbonyl (C=O) groups is 1. The summed E-state index contributed by atoms with van der Waals surface area (Å²) in [7, 11) is 0. The van der Waals surface area contributed by atoms with E-state index < -0.39 is 10.7 Å². The third-order valence-electron chi connectivity index (χ3n) is 10.7. The summed E-state index contributed by atoms with van der Waals surface area (Å²) in [6.45, 7) is 36.0. The van der Waals surface area contributed by atoms with E-state index in [4.69, 9.17) is 15.8 Å². The fourth-order valence-corrected chi connectivity index (χ4v) is 6.91. The predicted molar refractivity (Wildman–Crippen MR) is 248 cm³/mol. The molecule has 0 atom stereocenters. The summed E-state index contributed by atoms with van der Waals surface area (Å²) in [6, 6.07) is 17.1. The minimum Gasteiger partial charge on any atom is -1.00 e. The van der Waals surface area contributed by atoms with Crippen LogP contribution >= 0.6 is 0 Å². The fraction of sp³-hybridized carbons (Fsp3) is 0.578. The minimum atomic E-state index is -0.533. The average molecular weight is 950 g/mol. The second kappa shape index (κ2) is 35.5. The maximum atomic E-state index is 12.4. The number of nitro groups is 2. The van der Waals surface area contributed by atoms with Crippen molar-refractivity contribution in [3.8, 4) is 0 Å². The van der Waals surface area contributed by atoms with Gasteiger partial charge in [0.2, 0.25) is 0 Å². The molecule has 350 valence electrons. The Morgan fingerprint density at radius 2 is 0.984 bits per heavy atom. The molecule has 3 aliphatic heterocycles. The van der Waals surface area contributed by atoms with Crippen molar-refractivity contribution < 1.29 is 133 Å². The Kier molecular flexibility index (Phi) is 35.7. The Hall–Kier alpha value is -1.67. The van der Waals surface area contributed by atoms with E-state index in [0.29, 0.717) is 17.6 Å². The number of nitrogens with zero attached hydrogens (tertiary/aromatic N) is 7. The molecule has 0 aliphatic carbocycles. The van der Waals surface area contributed by atoms with E-state index in [0.717, 1.165) is 107 Å². The van der Waals surface area contributed by atoms with Gasteiger partial charge in [0.1, 0.15) is 5.82 Å². The molecule has 19 heteroatoms. The van der Waals surface area contributed by atoms with Crippen LogP contribution in [0.4, 0.5) is 32.8 Å². The summed E-state index contributed by atoms with van der Waals surface area (Å²) in [5, 5.41) is 32.8. The van der Waals surface area contributed by atoms with Crippen LogP contribution in [0.15, 0.2) is 54.6 Å². The molecular formula is C45H74FK2N9O7. The molecule has 64 heavy (non-hydrogen) atoms. The molecule has 0 spiro atoms. The van der Waals surface area contributed by atoms with Gasteiger partial charge in [-0.2, -0.15) is 0 Å². The number of aryl methyl sites for hydroxylation is 3. The first-order valence-electron chi connectivity index (χ1n) is 21.6. The Balaban J connectivity index is -0.000000768. The van der Waals surface area contributed by atoms with Crippen molar-refractivity contribution >= 4 is 34.9 Å². The molecule has 3 aliphatic rings. The van der Waals surface area contributed by atoms with Gasteiger partial charge in [0.05, 0.1) is 9.85 Å². The SMILES string of the molecule is CC.CC(C)N1CCNCC1.Cc1cc(F)ccc1[N+](=O)[O-].Cc1cc(N2CCN(C(C)C)CC2)ccc1N.Cc1cc(N2CCN(C(C)C)CC2)ccc1[N+](=O)[O-].O=CO[O-].[H-].[K+].[K+]. The van der Waals surface area contributed by atoms with Crippen LogP contribution in [0.3, 0.4) is 0 Å². The third-order valence-corrected chi connectivity index (χ3v) is 10.7. The second-order valence-electron chi connectivity index (χ2n) is 15.8. The number of rotatable bonds is 8. The number of nitrogens with two attached hydrogens (primary N) is 1. The zero-order chi connectivity index (χ0) is 46.9. The first-order chi connectivity index (χ1) is 29.4. The summed E-state index contributed by atoms with van der Waals surface area (Å²) in [5.41, 5.74) is 11.5. The Morgan fingerprint density at radius 3 is 1.30 bits per heavy atom. The van der Waals surface area contributed by atoms with Gasteiger partial charge in [-0.15, -0.1) is 0 Å².